The first kappa shape index (κ1) is 17.7. The van der Waals surface area contributed by atoms with Crippen molar-refractivity contribution >= 4 is 92.9 Å². The van der Waals surface area contributed by atoms with Gasteiger partial charge in [0.2, 0.25) is 7.59 Å². The third-order valence-corrected chi connectivity index (χ3v) is 3.77. The van der Waals surface area contributed by atoms with Crippen molar-refractivity contribution in [1.29, 1.82) is 0 Å². The number of aliphatic imine (C=N–C) groups is 2. The molecule has 0 amide bonds. The molecule has 0 fully saturated rings. The van der Waals surface area contributed by atoms with Gasteiger partial charge in [0.15, 0.2) is 17.8 Å². The fraction of sp³-hybridized carbons (Fsp3) is 0.273. The van der Waals surface area contributed by atoms with Crippen LogP contribution in [0.5, 0.6) is 0 Å². The van der Waals surface area contributed by atoms with E-state index in [1.807, 2.05) is 0 Å². The summed E-state index contributed by atoms with van der Waals surface area (Å²) in [5.74, 6) is 0.0348. The number of nitrogens with zero attached hydrogens (tertiary/aromatic N) is 2. The van der Waals surface area contributed by atoms with Gasteiger partial charge < -0.3 is 5.32 Å². The van der Waals surface area contributed by atoms with Crippen molar-refractivity contribution in [2.75, 3.05) is 0 Å². The van der Waals surface area contributed by atoms with Gasteiger partial charge in [-0.2, -0.15) is 0 Å². The molecule has 0 aliphatic carbocycles. The fourth-order valence-electron chi connectivity index (χ4n) is 1.52. The second-order valence-corrected chi connectivity index (χ2v) is 9.00. The average Bonchev–Trinajstić information content (AvgIpc) is 2.37. The summed E-state index contributed by atoms with van der Waals surface area (Å²) in [6.45, 7) is 0. The Bertz CT molecular complexity index is 553. The van der Waals surface area contributed by atoms with E-state index in [4.69, 9.17) is 81.2 Å². The molecule has 2 rings (SSSR count). The Morgan fingerprint density at radius 2 is 1.24 bits per heavy atom. The van der Waals surface area contributed by atoms with Crippen molar-refractivity contribution in [3.63, 3.8) is 0 Å². The van der Waals surface area contributed by atoms with Crippen LogP contribution in [0.25, 0.3) is 0 Å². The van der Waals surface area contributed by atoms with Gasteiger partial charge in [0, 0.05) is 5.02 Å². The quantitative estimate of drug-likeness (QED) is 0.591. The van der Waals surface area contributed by atoms with Crippen LogP contribution >= 0.6 is 81.2 Å². The molecule has 1 aliphatic heterocycles. The number of alkyl halides is 6. The van der Waals surface area contributed by atoms with E-state index >= 15 is 0 Å². The Kier molecular flexibility index (Phi) is 5.48. The third-order valence-electron chi connectivity index (χ3n) is 2.44. The van der Waals surface area contributed by atoms with Gasteiger partial charge in [-0.3, -0.25) is 0 Å². The fourth-order valence-corrected chi connectivity index (χ4v) is 2.22. The van der Waals surface area contributed by atoms with Crippen LogP contribution in [0.4, 0.5) is 0 Å². The van der Waals surface area contributed by atoms with Gasteiger partial charge in [0.05, 0.1) is 0 Å². The zero-order valence-electron chi connectivity index (χ0n) is 9.93. The maximum atomic E-state index is 5.84. The van der Waals surface area contributed by atoms with Crippen LogP contribution < -0.4 is 5.32 Å². The van der Waals surface area contributed by atoms with Crippen molar-refractivity contribution in [2.45, 2.75) is 13.8 Å². The summed E-state index contributed by atoms with van der Waals surface area (Å²) in [6.07, 6.45) is -0.709. The molecule has 0 saturated carbocycles. The van der Waals surface area contributed by atoms with E-state index in [2.05, 4.69) is 15.3 Å². The molecule has 0 atom stereocenters. The highest BCUT2D eigenvalue weighted by Crippen LogP contribution is 2.36. The van der Waals surface area contributed by atoms with Crippen molar-refractivity contribution in [1.82, 2.24) is 5.32 Å². The molecule has 0 unspecified atom stereocenters. The Morgan fingerprint density at radius 3 is 1.62 bits per heavy atom. The molecule has 0 bridgehead atoms. The lowest BCUT2D eigenvalue weighted by Gasteiger charge is -2.27. The van der Waals surface area contributed by atoms with Crippen molar-refractivity contribution in [3.05, 3.63) is 34.9 Å². The molecule has 0 aromatic heterocycles. The molecule has 21 heavy (non-hydrogen) atoms. The van der Waals surface area contributed by atoms with E-state index in [1.165, 1.54) is 0 Å². The summed E-state index contributed by atoms with van der Waals surface area (Å²) in [4.78, 5) is 8.44. The first-order valence-electron chi connectivity index (χ1n) is 5.40. The molecule has 1 heterocycles. The zero-order chi connectivity index (χ0) is 15.8. The third kappa shape index (κ3) is 4.68. The lowest BCUT2D eigenvalue weighted by Crippen LogP contribution is -2.47. The summed E-state index contributed by atoms with van der Waals surface area (Å²) < 4.78 is -3.61. The highest BCUT2D eigenvalue weighted by Gasteiger charge is 2.38. The average molecular weight is 428 g/mol. The lowest BCUT2D eigenvalue weighted by atomic mass is 10.2. The molecule has 1 N–H and O–H groups in total. The van der Waals surface area contributed by atoms with E-state index in [9.17, 15) is 0 Å². The van der Waals surface area contributed by atoms with E-state index in [0.29, 0.717) is 10.6 Å². The molecule has 1 aromatic rings. The highest BCUT2D eigenvalue weighted by molar-refractivity contribution is 6.79. The predicted molar refractivity (Wildman–Crippen MR) is 92.8 cm³/mol. The van der Waals surface area contributed by atoms with Gasteiger partial charge in [-0.15, -0.1) is 0 Å². The second kappa shape index (κ2) is 6.48. The second-order valence-electron chi connectivity index (χ2n) is 4.00. The summed E-state index contributed by atoms with van der Waals surface area (Å²) in [5, 5.41) is 3.20. The molecule has 114 valence electrons. The normalized spacial score (nSPS) is 17.1. The molecule has 1 aromatic carbocycles. The molecular formula is C11H6Cl7N3. The van der Waals surface area contributed by atoms with E-state index in [-0.39, 0.29) is 11.7 Å². The maximum Gasteiger partial charge on any atom is 0.247 e. The number of halogens is 7. The van der Waals surface area contributed by atoms with E-state index < -0.39 is 13.8 Å². The monoisotopic (exact) mass is 425 g/mol. The Labute approximate surface area is 156 Å². The minimum atomic E-state index is -1.80. The number of nitrogens with one attached hydrogen (secondary N) is 1. The molecule has 0 radical (unpaired) electrons. The number of rotatable bonds is 1. The number of hydrogen-bond donors (Lipinski definition) is 1. The van der Waals surface area contributed by atoms with Crippen LogP contribution in [0.3, 0.4) is 0 Å². The van der Waals surface area contributed by atoms with Crippen LogP contribution in [-0.2, 0) is 0 Å². The first-order valence-corrected chi connectivity index (χ1v) is 8.04. The van der Waals surface area contributed by atoms with Crippen LogP contribution in [0.15, 0.2) is 34.3 Å². The van der Waals surface area contributed by atoms with Gasteiger partial charge in [-0.05, 0) is 17.7 Å². The SMILES string of the molecule is Clc1ccc(C2N=C(C(Cl)(Cl)Cl)NC(C(Cl)(Cl)Cl)=N2)cc1. The molecule has 0 saturated heterocycles. The Hall–Kier alpha value is 0.390. The van der Waals surface area contributed by atoms with Crippen LogP contribution in [0, 0.1) is 0 Å². The molecule has 10 heteroatoms. The van der Waals surface area contributed by atoms with E-state index in [1.54, 1.807) is 24.3 Å². The van der Waals surface area contributed by atoms with Gasteiger partial charge >= 0.3 is 0 Å². The number of hydrogen-bond acceptors (Lipinski definition) is 3. The molecular weight excluding hydrogens is 422 g/mol. The van der Waals surface area contributed by atoms with Gasteiger partial charge in [-0.25, -0.2) is 9.98 Å². The van der Waals surface area contributed by atoms with Crippen LogP contribution in [-0.4, -0.2) is 19.3 Å². The van der Waals surface area contributed by atoms with Gasteiger partial charge in [0.1, 0.15) is 0 Å². The van der Waals surface area contributed by atoms with Gasteiger partial charge in [-0.1, -0.05) is 93.3 Å². The summed E-state index contributed by atoms with van der Waals surface area (Å²) in [5.41, 5.74) is 0.708. The van der Waals surface area contributed by atoms with Crippen molar-refractivity contribution < 1.29 is 0 Å². The predicted octanol–water partition coefficient (Wildman–Crippen LogP) is 5.48. The highest BCUT2D eigenvalue weighted by atomic mass is 35.6. The minimum absolute atomic E-state index is 0.0174. The Balaban J connectivity index is 2.45. The number of amidine groups is 2. The summed E-state index contributed by atoms with van der Waals surface area (Å²) >= 11 is 40.9. The van der Waals surface area contributed by atoms with Gasteiger partial charge in [0.25, 0.3) is 0 Å². The summed E-state index contributed by atoms with van der Waals surface area (Å²) in [7, 11) is 0. The largest absolute Gasteiger partial charge is 0.325 e. The first-order chi connectivity index (χ1) is 9.57. The van der Waals surface area contributed by atoms with E-state index in [0.717, 1.165) is 0 Å². The molecule has 1 aliphatic rings. The molecule has 3 nitrogen and oxygen atoms in total. The van der Waals surface area contributed by atoms with Crippen molar-refractivity contribution in [3.8, 4) is 0 Å². The standard InChI is InChI=1S/C11H6Cl7N3/c12-6-3-1-5(2-4-6)7-19-8(10(13,14)15)21-9(20-7)11(16,17)18/h1-4,7H,(H,19,20,21). The van der Waals surface area contributed by atoms with Crippen LogP contribution in [0.2, 0.25) is 5.02 Å². The zero-order valence-corrected chi connectivity index (χ0v) is 15.2. The topological polar surface area (TPSA) is 36.8 Å². The molecule has 0 spiro atoms. The minimum Gasteiger partial charge on any atom is -0.325 e. The smallest absolute Gasteiger partial charge is 0.247 e. The Morgan fingerprint density at radius 1 is 0.810 bits per heavy atom. The lowest BCUT2D eigenvalue weighted by molar-refractivity contribution is 0.746. The van der Waals surface area contributed by atoms with Crippen LogP contribution in [0.1, 0.15) is 11.7 Å². The summed E-state index contributed by atoms with van der Waals surface area (Å²) in [6, 6.07) is 6.84. The number of benzene rings is 1. The maximum absolute atomic E-state index is 5.84. The van der Waals surface area contributed by atoms with Crippen molar-refractivity contribution in [2.24, 2.45) is 9.98 Å².